The van der Waals surface area contributed by atoms with Crippen LogP contribution in [-0.4, -0.2) is 40.3 Å². The lowest BCUT2D eigenvalue weighted by Crippen LogP contribution is -2.49. The average Bonchev–Trinajstić information content (AvgIpc) is 3.03. The molecule has 5 nitrogen and oxygen atoms in total. The molecule has 178 valence electrons. The topological polar surface area (TPSA) is 62.3 Å². The van der Waals surface area contributed by atoms with E-state index in [1.165, 1.54) is 12.4 Å². The van der Waals surface area contributed by atoms with E-state index in [-0.39, 0.29) is 5.69 Å². The van der Waals surface area contributed by atoms with Crippen molar-refractivity contribution < 1.29 is 40.3 Å². The monoisotopic (exact) mass is 495 g/mol. The van der Waals surface area contributed by atoms with Crippen molar-refractivity contribution in [3.63, 3.8) is 0 Å². The van der Waals surface area contributed by atoms with Crippen LogP contribution in [0.3, 0.4) is 0 Å². The molecule has 1 fully saturated rings. The molecule has 1 aromatic heterocycles. The number of anilines is 1. The van der Waals surface area contributed by atoms with Gasteiger partial charge >= 0.3 is 23.4 Å². The Bertz CT molecular complexity index is 1040. The van der Waals surface area contributed by atoms with E-state index in [9.17, 15) is 40.3 Å². The average molecular weight is 495 g/mol. The molecule has 3 rings (SSSR count). The highest BCUT2D eigenvalue weighted by atomic mass is 32.2. The first kappa shape index (κ1) is 24.8. The number of amides is 3. The number of halogens is 7. The Hall–Kier alpha value is -2.83. The van der Waals surface area contributed by atoms with Crippen LogP contribution >= 0.6 is 11.8 Å². The van der Waals surface area contributed by atoms with Gasteiger partial charge in [-0.15, -0.1) is 0 Å². The minimum atomic E-state index is -6.44. The Morgan fingerprint density at radius 1 is 0.909 bits per heavy atom. The van der Waals surface area contributed by atoms with E-state index in [4.69, 9.17) is 0 Å². The fraction of sp³-hybridized carbons (Fsp3) is 0.350. The van der Waals surface area contributed by atoms with Gasteiger partial charge in [0.2, 0.25) is 0 Å². The van der Waals surface area contributed by atoms with Crippen LogP contribution in [0.2, 0.25) is 0 Å². The lowest BCUT2D eigenvalue weighted by atomic mass is 9.78. The molecular weight excluding hydrogens is 479 g/mol. The summed E-state index contributed by atoms with van der Waals surface area (Å²) < 4.78 is 90.4. The van der Waals surface area contributed by atoms with Crippen molar-refractivity contribution in [3.8, 4) is 0 Å². The Balaban J connectivity index is 1.81. The number of rotatable bonds is 6. The fourth-order valence-electron chi connectivity index (χ4n) is 3.20. The summed E-state index contributed by atoms with van der Waals surface area (Å²) in [4.78, 5) is 29.5. The Kier molecular flexibility index (Phi) is 6.15. The number of alkyl halides is 7. The predicted octanol–water partition coefficient (Wildman–Crippen LogP) is 5.37. The van der Waals surface area contributed by atoms with Crippen LogP contribution in [0.4, 0.5) is 41.2 Å². The molecule has 13 heteroatoms. The summed E-state index contributed by atoms with van der Waals surface area (Å²) in [5, 5.41) is -2.93. The zero-order chi connectivity index (χ0) is 24.8. The SMILES string of the molecule is CC(C)(c1ccncc1)C1NC(=O)N(c2ccc(SC(F)(F)C(F)(F)C(F)(F)F)cc2)C1=O. The van der Waals surface area contributed by atoms with E-state index in [0.717, 1.165) is 29.2 Å². The largest absolute Gasteiger partial charge is 0.460 e. The molecule has 0 saturated carbocycles. The molecule has 0 spiro atoms. The van der Waals surface area contributed by atoms with E-state index in [1.54, 1.807) is 26.0 Å². The molecule has 3 amide bonds. The maximum absolute atomic E-state index is 13.6. The van der Waals surface area contributed by atoms with Crippen LogP contribution in [0.5, 0.6) is 0 Å². The molecule has 2 aromatic rings. The van der Waals surface area contributed by atoms with Gasteiger partial charge in [-0.3, -0.25) is 9.78 Å². The van der Waals surface area contributed by atoms with E-state index in [1.807, 2.05) is 0 Å². The molecule has 33 heavy (non-hydrogen) atoms. The predicted molar refractivity (Wildman–Crippen MR) is 105 cm³/mol. The quantitative estimate of drug-likeness (QED) is 0.333. The number of carbonyl (C=O) groups is 2. The van der Waals surface area contributed by atoms with Crippen molar-refractivity contribution in [2.24, 2.45) is 0 Å². The molecule has 1 N–H and O–H groups in total. The number of nitrogens with one attached hydrogen (secondary N) is 1. The maximum atomic E-state index is 13.6. The zero-order valence-electron chi connectivity index (χ0n) is 17.0. The lowest BCUT2D eigenvalue weighted by Gasteiger charge is -2.30. The van der Waals surface area contributed by atoms with Crippen molar-refractivity contribution >= 4 is 29.4 Å². The van der Waals surface area contributed by atoms with Gasteiger partial charge in [0.25, 0.3) is 5.91 Å². The number of imide groups is 1. The standard InChI is InChI=1S/C20H16F7N3O2S/c1-17(2,11-7-9-28-10-8-11)14-15(31)30(16(32)29-14)12-3-5-13(6-4-12)33-20(26,27)18(21,22)19(23,24)25/h3-10,14H,1-2H3,(H,29,32). The van der Waals surface area contributed by atoms with Crippen molar-refractivity contribution in [3.05, 3.63) is 54.4 Å². The van der Waals surface area contributed by atoms with Gasteiger partial charge in [-0.05, 0) is 53.7 Å². The summed E-state index contributed by atoms with van der Waals surface area (Å²) in [5.74, 6) is -6.92. The third-order valence-electron chi connectivity index (χ3n) is 5.15. The summed E-state index contributed by atoms with van der Waals surface area (Å²) in [6, 6.07) is 5.20. The van der Waals surface area contributed by atoms with Crippen LogP contribution < -0.4 is 10.2 Å². The van der Waals surface area contributed by atoms with Gasteiger partial charge in [-0.25, -0.2) is 9.69 Å². The summed E-state index contributed by atoms with van der Waals surface area (Å²) in [6.07, 6.45) is -3.41. The third-order valence-corrected chi connectivity index (χ3v) is 6.17. The van der Waals surface area contributed by atoms with E-state index < -0.39 is 57.4 Å². The van der Waals surface area contributed by atoms with Crippen molar-refractivity contribution in [1.29, 1.82) is 0 Å². The highest BCUT2D eigenvalue weighted by Crippen LogP contribution is 2.53. The van der Waals surface area contributed by atoms with E-state index in [2.05, 4.69) is 10.3 Å². The highest BCUT2D eigenvalue weighted by Gasteiger charge is 2.73. The van der Waals surface area contributed by atoms with Crippen LogP contribution in [-0.2, 0) is 10.2 Å². The molecule has 1 aliphatic rings. The number of hydrogen-bond donors (Lipinski definition) is 1. The van der Waals surface area contributed by atoms with Crippen LogP contribution in [0.25, 0.3) is 0 Å². The first-order valence-corrected chi connectivity index (χ1v) is 10.1. The highest BCUT2D eigenvalue weighted by molar-refractivity contribution is 8.00. The number of nitrogens with zero attached hydrogens (tertiary/aromatic N) is 2. The number of aromatic nitrogens is 1. The van der Waals surface area contributed by atoms with E-state index >= 15 is 0 Å². The molecule has 1 aliphatic heterocycles. The van der Waals surface area contributed by atoms with Crippen molar-refractivity contribution in [2.45, 2.75) is 47.6 Å². The van der Waals surface area contributed by atoms with Gasteiger partial charge in [0.05, 0.1) is 5.69 Å². The first-order valence-electron chi connectivity index (χ1n) is 9.26. The molecule has 1 unspecified atom stereocenters. The molecular formula is C20H16F7N3O2S. The first-order chi connectivity index (χ1) is 15.1. The van der Waals surface area contributed by atoms with Crippen molar-refractivity contribution in [1.82, 2.24) is 10.3 Å². The number of thioether (sulfide) groups is 1. The molecule has 1 aromatic carbocycles. The minimum Gasteiger partial charge on any atom is -0.325 e. The minimum absolute atomic E-state index is 0.0687. The molecule has 1 atom stereocenters. The second-order valence-corrected chi connectivity index (χ2v) is 8.89. The van der Waals surface area contributed by atoms with Gasteiger partial charge in [-0.2, -0.15) is 30.7 Å². The van der Waals surface area contributed by atoms with Crippen molar-refractivity contribution in [2.75, 3.05) is 4.90 Å². The zero-order valence-corrected chi connectivity index (χ0v) is 17.8. The summed E-state index contributed by atoms with van der Waals surface area (Å²) in [7, 11) is 0. The molecule has 0 aliphatic carbocycles. The molecule has 2 heterocycles. The molecule has 1 saturated heterocycles. The number of urea groups is 1. The summed E-state index contributed by atoms with van der Waals surface area (Å²) in [6.45, 7) is 3.44. The van der Waals surface area contributed by atoms with Gasteiger partial charge in [0.1, 0.15) is 6.04 Å². The van der Waals surface area contributed by atoms with Gasteiger partial charge in [0, 0.05) is 22.7 Å². The smallest absolute Gasteiger partial charge is 0.325 e. The second-order valence-electron chi connectivity index (χ2n) is 7.70. The Morgan fingerprint density at radius 3 is 1.97 bits per heavy atom. The van der Waals surface area contributed by atoms with E-state index in [0.29, 0.717) is 5.56 Å². The van der Waals surface area contributed by atoms with Gasteiger partial charge < -0.3 is 5.32 Å². The second kappa shape index (κ2) is 8.19. The Labute approximate surface area is 187 Å². The number of hydrogen-bond acceptors (Lipinski definition) is 4. The summed E-state index contributed by atoms with van der Waals surface area (Å²) >= 11 is -0.979. The van der Waals surface area contributed by atoms with Gasteiger partial charge in [-0.1, -0.05) is 13.8 Å². The van der Waals surface area contributed by atoms with Gasteiger partial charge in [0.15, 0.2) is 0 Å². The maximum Gasteiger partial charge on any atom is 0.460 e. The fourth-order valence-corrected chi connectivity index (χ4v) is 4.01. The lowest BCUT2D eigenvalue weighted by molar-refractivity contribution is -0.330. The van der Waals surface area contributed by atoms with Crippen LogP contribution in [0.15, 0.2) is 53.7 Å². The summed E-state index contributed by atoms with van der Waals surface area (Å²) in [5.41, 5.74) is -0.218. The van der Waals surface area contributed by atoms with Crippen LogP contribution in [0.1, 0.15) is 19.4 Å². The Morgan fingerprint density at radius 2 is 1.45 bits per heavy atom. The number of pyridine rings is 1. The normalized spacial score (nSPS) is 18.0. The number of carbonyl (C=O) groups excluding carboxylic acids is 2. The third kappa shape index (κ3) is 4.37. The molecule has 0 radical (unpaired) electrons. The molecule has 0 bridgehead atoms. The number of benzene rings is 1. The van der Waals surface area contributed by atoms with Crippen LogP contribution in [0, 0.1) is 0 Å².